The van der Waals surface area contributed by atoms with Gasteiger partial charge in [-0.3, -0.25) is 4.79 Å². The molecule has 0 spiro atoms. The standard InChI is InChI=1S/C21H34N4O2.HI/c1-5-27-14-13-21(11-12-21)16-23-20(22-15-19(26)25(3)4)24-17(2)18-9-7-6-8-10-18;/h6-10,17H,5,11-16H2,1-4H3,(H2,22,23,24);1H. The number of guanidine groups is 1. The second-order valence-electron chi connectivity index (χ2n) is 7.53. The number of carbonyl (C=O) groups is 1. The maximum absolute atomic E-state index is 11.9. The lowest BCUT2D eigenvalue weighted by molar-refractivity contribution is -0.127. The molecular formula is C21H35IN4O2. The first-order chi connectivity index (χ1) is 13.0. The van der Waals surface area contributed by atoms with Crippen molar-refractivity contribution in [3.63, 3.8) is 0 Å². The van der Waals surface area contributed by atoms with Crippen LogP contribution in [0.4, 0.5) is 0 Å². The summed E-state index contributed by atoms with van der Waals surface area (Å²) < 4.78 is 5.52. The van der Waals surface area contributed by atoms with Gasteiger partial charge in [0, 0.05) is 33.9 Å². The first kappa shape index (κ1) is 24.7. The highest BCUT2D eigenvalue weighted by atomic mass is 127. The first-order valence-corrected chi connectivity index (χ1v) is 9.83. The van der Waals surface area contributed by atoms with E-state index in [9.17, 15) is 4.79 Å². The number of carbonyl (C=O) groups excluding carboxylic acids is 1. The molecule has 0 radical (unpaired) electrons. The summed E-state index contributed by atoms with van der Waals surface area (Å²) in [7, 11) is 3.50. The Morgan fingerprint density at radius 1 is 1.29 bits per heavy atom. The number of ether oxygens (including phenoxy) is 1. The summed E-state index contributed by atoms with van der Waals surface area (Å²) >= 11 is 0. The zero-order valence-corrected chi connectivity index (χ0v) is 19.9. The Hall–Kier alpha value is -1.35. The molecule has 7 heteroatoms. The number of nitrogens with one attached hydrogen (secondary N) is 2. The zero-order valence-electron chi connectivity index (χ0n) is 17.5. The summed E-state index contributed by atoms with van der Waals surface area (Å²) in [6, 6.07) is 10.3. The van der Waals surface area contributed by atoms with Gasteiger partial charge in [-0.2, -0.15) is 0 Å². The topological polar surface area (TPSA) is 66.0 Å². The SMILES string of the molecule is CCOCCC1(CNC(=NCC(=O)N(C)C)NC(C)c2ccccc2)CC1.I. The molecule has 0 bridgehead atoms. The second-order valence-corrected chi connectivity index (χ2v) is 7.53. The van der Waals surface area contributed by atoms with Crippen LogP contribution in [-0.4, -0.2) is 57.2 Å². The normalized spacial score (nSPS) is 15.9. The van der Waals surface area contributed by atoms with Crippen molar-refractivity contribution < 1.29 is 9.53 Å². The van der Waals surface area contributed by atoms with Crippen LogP contribution in [0, 0.1) is 5.41 Å². The van der Waals surface area contributed by atoms with Crippen LogP contribution in [0.25, 0.3) is 0 Å². The summed E-state index contributed by atoms with van der Waals surface area (Å²) in [5.41, 5.74) is 1.49. The van der Waals surface area contributed by atoms with Crippen molar-refractivity contribution in [2.75, 3.05) is 40.4 Å². The maximum atomic E-state index is 11.9. The van der Waals surface area contributed by atoms with Gasteiger partial charge in [0.15, 0.2) is 5.96 Å². The summed E-state index contributed by atoms with van der Waals surface area (Å²) in [5.74, 6) is 0.671. The van der Waals surface area contributed by atoms with Crippen LogP contribution < -0.4 is 10.6 Å². The minimum atomic E-state index is -0.0130. The van der Waals surface area contributed by atoms with Gasteiger partial charge in [0.1, 0.15) is 6.54 Å². The van der Waals surface area contributed by atoms with E-state index >= 15 is 0 Å². The third-order valence-corrected chi connectivity index (χ3v) is 5.09. The van der Waals surface area contributed by atoms with E-state index in [-0.39, 0.29) is 42.5 Å². The fraction of sp³-hybridized carbons (Fsp3) is 0.619. The van der Waals surface area contributed by atoms with Crippen LogP contribution in [0.15, 0.2) is 35.3 Å². The van der Waals surface area contributed by atoms with Gasteiger partial charge >= 0.3 is 0 Å². The van der Waals surface area contributed by atoms with Crippen molar-refractivity contribution >= 4 is 35.8 Å². The Morgan fingerprint density at radius 3 is 2.54 bits per heavy atom. The van der Waals surface area contributed by atoms with Crippen molar-refractivity contribution in [3.05, 3.63) is 35.9 Å². The fourth-order valence-corrected chi connectivity index (χ4v) is 2.87. The maximum Gasteiger partial charge on any atom is 0.243 e. The Balaban J connectivity index is 0.00000392. The average Bonchev–Trinajstić information content (AvgIpc) is 3.44. The van der Waals surface area contributed by atoms with Gasteiger partial charge in [-0.25, -0.2) is 4.99 Å². The summed E-state index contributed by atoms with van der Waals surface area (Å²) in [6.07, 6.45) is 3.49. The van der Waals surface area contributed by atoms with Crippen molar-refractivity contribution in [3.8, 4) is 0 Å². The predicted molar refractivity (Wildman–Crippen MR) is 125 cm³/mol. The summed E-state index contributed by atoms with van der Waals surface area (Å²) in [4.78, 5) is 18.0. The zero-order chi connectivity index (χ0) is 19.7. The minimum absolute atomic E-state index is 0. The van der Waals surface area contributed by atoms with E-state index in [2.05, 4.69) is 34.7 Å². The largest absolute Gasteiger partial charge is 0.382 e. The molecule has 6 nitrogen and oxygen atoms in total. The molecule has 1 amide bonds. The molecule has 1 unspecified atom stereocenters. The number of nitrogens with zero attached hydrogens (tertiary/aromatic N) is 2. The Morgan fingerprint density at radius 2 is 1.96 bits per heavy atom. The van der Waals surface area contributed by atoms with Crippen LogP contribution >= 0.6 is 24.0 Å². The molecule has 0 heterocycles. The van der Waals surface area contributed by atoms with E-state index in [1.165, 1.54) is 18.4 Å². The molecule has 2 rings (SSSR count). The monoisotopic (exact) mass is 502 g/mol. The van der Waals surface area contributed by atoms with E-state index in [1.54, 1.807) is 19.0 Å². The van der Waals surface area contributed by atoms with Gasteiger partial charge in [-0.05, 0) is 44.1 Å². The molecule has 1 fully saturated rings. The minimum Gasteiger partial charge on any atom is -0.382 e. The third-order valence-electron chi connectivity index (χ3n) is 5.09. The van der Waals surface area contributed by atoms with Gasteiger partial charge in [0.05, 0.1) is 6.04 Å². The number of rotatable bonds is 10. The molecule has 0 aromatic heterocycles. The smallest absolute Gasteiger partial charge is 0.243 e. The van der Waals surface area contributed by atoms with Crippen molar-refractivity contribution in [2.45, 2.75) is 39.2 Å². The van der Waals surface area contributed by atoms with E-state index in [0.717, 1.165) is 26.2 Å². The summed E-state index contributed by atoms with van der Waals surface area (Å²) in [5, 5.41) is 6.89. The average molecular weight is 502 g/mol. The predicted octanol–water partition coefficient (Wildman–Crippen LogP) is 3.20. The third kappa shape index (κ3) is 8.34. The molecule has 1 saturated carbocycles. The highest BCUT2D eigenvalue weighted by molar-refractivity contribution is 14.0. The number of aliphatic imine (C=N–C) groups is 1. The number of halogens is 1. The van der Waals surface area contributed by atoms with Gasteiger partial charge in [0.2, 0.25) is 5.91 Å². The number of hydrogen-bond donors (Lipinski definition) is 2. The number of benzene rings is 1. The number of hydrogen-bond acceptors (Lipinski definition) is 3. The molecule has 1 aromatic rings. The van der Waals surface area contributed by atoms with Gasteiger partial charge in [-0.15, -0.1) is 24.0 Å². The van der Waals surface area contributed by atoms with Gasteiger partial charge in [-0.1, -0.05) is 30.3 Å². The highest BCUT2D eigenvalue weighted by Gasteiger charge is 2.42. The molecule has 0 saturated heterocycles. The van der Waals surface area contributed by atoms with Crippen LogP contribution in [0.2, 0.25) is 0 Å². The lowest BCUT2D eigenvalue weighted by Crippen LogP contribution is -2.42. The van der Waals surface area contributed by atoms with Crippen molar-refractivity contribution in [1.82, 2.24) is 15.5 Å². The molecule has 0 aliphatic heterocycles. The quantitative estimate of drug-likeness (QED) is 0.223. The Kier molecular flexibility index (Phi) is 10.8. The molecule has 1 aliphatic rings. The van der Waals surface area contributed by atoms with E-state index in [0.29, 0.717) is 11.4 Å². The molecule has 158 valence electrons. The fourth-order valence-electron chi connectivity index (χ4n) is 2.87. The van der Waals surface area contributed by atoms with Gasteiger partial charge < -0.3 is 20.3 Å². The van der Waals surface area contributed by atoms with Crippen LogP contribution in [0.3, 0.4) is 0 Å². The molecule has 28 heavy (non-hydrogen) atoms. The second kappa shape index (κ2) is 12.3. The first-order valence-electron chi connectivity index (χ1n) is 9.83. The molecular weight excluding hydrogens is 467 g/mol. The molecule has 2 N–H and O–H groups in total. The highest BCUT2D eigenvalue weighted by Crippen LogP contribution is 2.48. The number of amides is 1. The molecule has 1 atom stereocenters. The van der Waals surface area contributed by atoms with Crippen molar-refractivity contribution in [2.24, 2.45) is 10.4 Å². The number of likely N-dealkylation sites (N-methyl/N-ethyl adjacent to an activating group) is 1. The molecule has 1 aromatic carbocycles. The molecule has 1 aliphatic carbocycles. The van der Waals surface area contributed by atoms with Crippen molar-refractivity contribution in [1.29, 1.82) is 0 Å². The van der Waals surface area contributed by atoms with E-state index < -0.39 is 0 Å². The summed E-state index contributed by atoms with van der Waals surface area (Å²) in [6.45, 7) is 6.68. The van der Waals surface area contributed by atoms with Gasteiger partial charge in [0.25, 0.3) is 0 Å². The Bertz CT molecular complexity index is 618. The van der Waals surface area contributed by atoms with Crippen LogP contribution in [0.5, 0.6) is 0 Å². The Labute approximate surface area is 186 Å². The van der Waals surface area contributed by atoms with Crippen LogP contribution in [0.1, 0.15) is 44.7 Å². The lowest BCUT2D eigenvalue weighted by atomic mass is 10.0. The van der Waals surface area contributed by atoms with E-state index in [4.69, 9.17) is 4.74 Å². The van der Waals surface area contributed by atoms with E-state index in [1.807, 2.05) is 25.1 Å². The van der Waals surface area contributed by atoms with Crippen LogP contribution in [-0.2, 0) is 9.53 Å². The lowest BCUT2D eigenvalue weighted by Gasteiger charge is -2.22.